The molecule has 5 nitrogen and oxygen atoms in total. The molecule has 0 aliphatic heterocycles. The number of terminal acetylenes is 1. The fourth-order valence-electron chi connectivity index (χ4n) is 2.46. The molecule has 5 heteroatoms. The average Bonchev–Trinajstić information content (AvgIpc) is 2.82. The van der Waals surface area contributed by atoms with Gasteiger partial charge in [-0.25, -0.2) is 0 Å². The highest BCUT2D eigenvalue weighted by Crippen LogP contribution is 2.39. The van der Waals surface area contributed by atoms with E-state index < -0.39 is 0 Å². The van der Waals surface area contributed by atoms with Crippen molar-refractivity contribution in [1.29, 1.82) is 0 Å². The Bertz CT molecular complexity index is 725. The van der Waals surface area contributed by atoms with Crippen LogP contribution in [-0.2, 0) is 4.79 Å². The van der Waals surface area contributed by atoms with Crippen LogP contribution in [0.3, 0.4) is 0 Å². The Kier molecular flexibility index (Phi) is 5.07. The first-order valence-electron chi connectivity index (χ1n) is 7.39. The van der Waals surface area contributed by atoms with Gasteiger partial charge in [-0.15, -0.1) is 6.42 Å². The minimum absolute atomic E-state index is 0.152. The maximum atomic E-state index is 12.6. The number of Topliss-reactive ketones (excluding diaryl/α,β-unsaturated/α-hetero) is 1. The number of carbonyl (C=O) groups is 2. The van der Waals surface area contributed by atoms with E-state index in [9.17, 15) is 9.59 Å². The lowest BCUT2D eigenvalue weighted by molar-refractivity contribution is -0.120. The second-order valence-corrected chi connectivity index (χ2v) is 5.13. The lowest BCUT2D eigenvalue weighted by atomic mass is 10.0. The van der Waals surface area contributed by atoms with Crippen molar-refractivity contribution in [3.05, 3.63) is 29.0 Å². The molecule has 23 heavy (non-hydrogen) atoms. The molecule has 0 bridgehead atoms. The third kappa shape index (κ3) is 3.07. The zero-order valence-corrected chi connectivity index (χ0v) is 13.5. The molecule has 0 saturated heterocycles. The largest absolute Gasteiger partial charge is 0.493 e. The standard InChI is InChI=1S/C18H19NO4/c1-5-7-8-16(20)19-17-11(6-2)12-9-14(22-3)15(23-4)10-13(12)18(17)21/h2,9-10H,5,7-8H2,1,3-4H3,(H,19,20,21). The Morgan fingerprint density at radius 3 is 2.35 bits per heavy atom. The first-order valence-corrected chi connectivity index (χ1v) is 7.39. The van der Waals surface area contributed by atoms with Crippen molar-refractivity contribution in [2.75, 3.05) is 14.2 Å². The van der Waals surface area contributed by atoms with Crippen LogP contribution in [-0.4, -0.2) is 25.9 Å². The highest BCUT2D eigenvalue weighted by Gasteiger charge is 2.31. The molecule has 1 aliphatic carbocycles. The number of unbranched alkanes of at least 4 members (excludes halogenated alkanes) is 1. The van der Waals surface area contributed by atoms with Crippen molar-refractivity contribution >= 4 is 17.3 Å². The Morgan fingerprint density at radius 1 is 1.22 bits per heavy atom. The molecule has 1 amide bonds. The van der Waals surface area contributed by atoms with Gasteiger partial charge in [0.2, 0.25) is 11.7 Å². The van der Waals surface area contributed by atoms with Gasteiger partial charge < -0.3 is 14.8 Å². The van der Waals surface area contributed by atoms with Crippen molar-refractivity contribution in [2.24, 2.45) is 0 Å². The van der Waals surface area contributed by atoms with Crippen molar-refractivity contribution in [3.8, 4) is 23.8 Å². The predicted molar refractivity (Wildman–Crippen MR) is 87.3 cm³/mol. The van der Waals surface area contributed by atoms with E-state index in [1.165, 1.54) is 14.2 Å². The number of carbonyl (C=O) groups excluding carboxylic acids is 2. The molecule has 1 N–H and O–H groups in total. The minimum atomic E-state index is -0.307. The van der Waals surface area contributed by atoms with Gasteiger partial charge in [0.1, 0.15) is 5.70 Å². The van der Waals surface area contributed by atoms with E-state index in [0.29, 0.717) is 34.6 Å². The maximum Gasteiger partial charge on any atom is 0.224 e. The van der Waals surface area contributed by atoms with Gasteiger partial charge in [-0.3, -0.25) is 9.59 Å². The van der Waals surface area contributed by atoms with Crippen LogP contribution in [0, 0.1) is 12.3 Å². The molecule has 0 saturated carbocycles. The third-order valence-electron chi connectivity index (χ3n) is 3.68. The van der Waals surface area contributed by atoms with Gasteiger partial charge in [0.05, 0.1) is 19.8 Å². The number of ketones is 1. The fourth-order valence-corrected chi connectivity index (χ4v) is 2.46. The number of hydrogen-bond donors (Lipinski definition) is 1. The monoisotopic (exact) mass is 313 g/mol. The molecular formula is C18H19NO4. The summed E-state index contributed by atoms with van der Waals surface area (Å²) in [5.74, 6) is 2.90. The quantitative estimate of drug-likeness (QED) is 0.820. The third-order valence-corrected chi connectivity index (χ3v) is 3.68. The SMILES string of the molecule is C#CC1=C(NC(=O)CCCC)C(=O)c2cc(OC)c(OC)cc21. The molecule has 0 unspecified atom stereocenters. The van der Waals surface area contributed by atoms with Gasteiger partial charge >= 0.3 is 0 Å². The van der Waals surface area contributed by atoms with E-state index in [1.807, 2.05) is 6.92 Å². The van der Waals surface area contributed by atoms with Crippen LogP contribution in [0.25, 0.3) is 5.57 Å². The van der Waals surface area contributed by atoms with Crippen LogP contribution in [0.4, 0.5) is 0 Å². The van der Waals surface area contributed by atoms with E-state index in [1.54, 1.807) is 12.1 Å². The highest BCUT2D eigenvalue weighted by atomic mass is 16.5. The van der Waals surface area contributed by atoms with Gasteiger partial charge in [0.15, 0.2) is 11.5 Å². The second kappa shape index (κ2) is 7.01. The molecule has 0 fully saturated rings. The summed E-state index contributed by atoms with van der Waals surface area (Å²) in [5, 5.41) is 2.65. The van der Waals surface area contributed by atoms with E-state index in [0.717, 1.165) is 12.8 Å². The Morgan fingerprint density at radius 2 is 1.83 bits per heavy atom. The second-order valence-electron chi connectivity index (χ2n) is 5.13. The molecular weight excluding hydrogens is 294 g/mol. The first-order chi connectivity index (χ1) is 11.1. The summed E-state index contributed by atoms with van der Waals surface area (Å²) in [6.45, 7) is 1.99. The van der Waals surface area contributed by atoms with E-state index in [-0.39, 0.29) is 17.4 Å². The zero-order chi connectivity index (χ0) is 17.0. The van der Waals surface area contributed by atoms with Gasteiger partial charge in [0.25, 0.3) is 0 Å². The van der Waals surface area contributed by atoms with Crippen molar-refractivity contribution < 1.29 is 19.1 Å². The average molecular weight is 313 g/mol. The number of nitrogens with one attached hydrogen (secondary N) is 1. The van der Waals surface area contributed by atoms with Crippen LogP contribution in [0.2, 0.25) is 0 Å². The summed E-state index contributed by atoms with van der Waals surface area (Å²) < 4.78 is 10.5. The van der Waals surface area contributed by atoms with Crippen LogP contribution in [0.5, 0.6) is 11.5 Å². The molecule has 0 atom stereocenters. The van der Waals surface area contributed by atoms with Crippen molar-refractivity contribution in [2.45, 2.75) is 26.2 Å². The van der Waals surface area contributed by atoms with Gasteiger partial charge in [-0.2, -0.15) is 0 Å². The lowest BCUT2D eigenvalue weighted by Gasteiger charge is -2.09. The van der Waals surface area contributed by atoms with Crippen LogP contribution in [0.1, 0.15) is 42.1 Å². The molecule has 0 heterocycles. The molecule has 2 rings (SSSR count). The molecule has 1 aliphatic rings. The molecule has 0 spiro atoms. The zero-order valence-electron chi connectivity index (χ0n) is 13.5. The topological polar surface area (TPSA) is 64.6 Å². The summed E-state index contributed by atoms with van der Waals surface area (Å²) in [7, 11) is 3.00. The Balaban J connectivity index is 2.42. The number of rotatable bonds is 6. The normalized spacial score (nSPS) is 12.7. The van der Waals surface area contributed by atoms with E-state index >= 15 is 0 Å². The number of ether oxygens (including phenoxy) is 2. The number of benzene rings is 1. The summed E-state index contributed by atoms with van der Waals surface area (Å²) in [6.07, 6.45) is 7.57. The highest BCUT2D eigenvalue weighted by molar-refractivity contribution is 6.24. The number of fused-ring (bicyclic) bond motifs is 1. The van der Waals surface area contributed by atoms with Crippen LogP contribution >= 0.6 is 0 Å². The van der Waals surface area contributed by atoms with Gasteiger partial charge in [-0.05, 0) is 18.6 Å². The summed E-state index contributed by atoms with van der Waals surface area (Å²) in [6, 6.07) is 3.24. The number of methoxy groups -OCH3 is 2. The number of allylic oxidation sites excluding steroid dienone is 2. The van der Waals surface area contributed by atoms with Crippen LogP contribution in [0.15, 0.2) is 17.8 Å². The van der Waals surface area contributed by atoms with Gasteiger partial charge in [-0.1, -0.05) is 19.3 Å². The molecule has 0 radical (unpaired) electrons. The van der Waals surface area contributed by atoms with Crippen molar-refractivity contribution in [3.63, 3.8) is 0 Å². The van der Waals surface area contributed by atoms with Crippen LogP contribution < -0.4 is 14.8 Å². The van der Waals surface area contributed by atoms with E-state index in [2.05, 4.69) is 11.2 Å². The fraction of sp³-hybridized carbons (Fsp3) is 0.333. The Hall–Kier alpha value is -2.74. The van der Waals surface area contributed by atoms with Crippen molar-refractivity contribution in [1.82, 2.24) is 5.32 Å². The molecule has 1 aromatic carbocycles. The minimum Gasteiger partial charge on any atom is -0.493 e. The van der Waals surface area contributed by atoms with Gasteiger partial charge in [0, 0.05) is 17.5 Å². The summed E-state index contributed by atoms with van der Waals surface area (Å²) in [5.41, 5.74) is 1.50. The molecule has 120 valence electrons. The number of hydrogen-bond acceptors (Lipinski definition) is 4. The lowest BCUT2D eigenvalue weighted by Crippen LogP contribution is -2.26. The first kappa shape index (κ1) is 16.6. The smallest absolute Gasteiger partial charge is 0.224 e. The molecule has 1 aromatic rings. The summed E-state index contributed by atoms with van der Waals surface area (Å²) in [4.78, 5) is 24.5. The maximum absolute atomic E-state index is 12.6. The van der Waals surface area contributed by atoms with E-state index in [4.69, 9.17) is 15.9 Å². The summed E-state index contributed by atoms with van der Waals surface area (Å²) >= 11 is 0. The molecule has 0 aromatic heterocycles. The predicted octanol–water partition coefficient (Wildman–Crippen LogP) is 2.55. The number of amides is 1. The Labute approximate surface area is 135 Å².